The lowest BCUT2D eigenvalue weighted by atomic mass is 9.87. The van der Waals surface area contributed by atoms with Gasteiger partial charge in [0.25, 0.3) is 0 Å². The molecule has 1 aliphatic carbocycles. The Labute approximate surface area is 115 Å². The van der Waals surface area contributed by atoms with Crippen LogP contribution in [0.2, 0.25) is 0 Å². The lowest BCUT2D eigenvalue weighted by molar-refractivity contribution is -0.122. The highest BCUT2D eigenvalue weighted by Gasteiger charge is 2.24. The molecule has 0 saturated heterocycles. The fraction of sp³-hybridized carbons (Fsp3) is 0.438. The number of carbonyl (C=O) groups is 1. The molecular weight excluding hydrogens is 236 g/mol. The number of amides is 1. The van der Waals surface area contributed by atoms with E-state index in [0.29, 0.717) is 19.1 Å². The molecule has 102 valence electrons. The third-order valence-corrected chi connectivity index (χ3v) is 3.71. The highest BCUT2D eigenvalue weighted by atomic mass is 16.2. The molecule has 1 amide bonds. The average Bonchev–Trinajstić information content (AvgIpc) is 2.44. The van der Waals surface area contributed by atoms with Gasteiger partial charge in [-0.1, -0.05) is 30.3 Å². The Hall–Kier alpha value is -1.61. The van der Waals surface area contributed by atoms with E-state index in [1.807, 2.05) is 7.05 Å². The molecule has 3 nitrogen and oxygen atoms in total. The van der Waals surface area contributed by atoms with Crippen LogP contribution < -0.4 is 5.32 Å². The second-order valence-electron chi connectivity index (χ2n) is 5.11. The number of aryl methyl sites for hydroxylation is 1. The minimum Gasteiger partial charge on any atom is -0.352 e. The first-order valence-electron chi connectivity index (χ1n) is 6.88. The molecule has 0 heterocycles. The first kappa shape index (κ1) is 13.8. The summed E-state index contributed by atoms with van der Waals surface area (Å²) >= 11 is 0. The zero-order valence-corrected chi connectivity index (χ0v) is 11.6. The van der Waals surface area contributed by atoms with Crippen molar-refractivity contribution in [1.82, 2.24) is 10.2 Å². The van der Waals surface area contributed by atoms with Gasteiger partial charge in [-0.2, -0.15) is 0 Å². The van der Waals surface area contributed by atoms with Gasteiger partial charge in [0.1, 0.15) is 0 Å². The van der Waals surface area contributed by atoms with Crippen LogP contribution in [0, 0.1) is 0 Å². The normalized spacial score (nSPS) is 17.9. The van der Waals surface area contributed by atoms with Gasteiger partial charge in [-0.3, -0.25) is 9.69 Å². The van der Waals surface area contributed by atoms with Crippen LogP contribution in [0.15, 0.2) is 36.9 Å². The molecule has 3 heteroatoms. The maximum Gasteiger partial charge on any atom is 0.234 e. The quantitative estimate of drug-likeness (QED) is 0.822. The molecule has 1 N–H and O–H groups in total. The predicted molar refractivity (Wildman–Crippen MR) is 78.0 cm³/mol. The standard InChI is InChI=1S/C16H22N2O/c1-3-11-17-16(19)12-18(2)15-10-6-8-13-7-4-5-9-14(13)15/h3-5,7,9,15H,1,6,8,10-12H2,2H3,(H,17,19). The predicted octanol–water partition coefficient (Wildman–Crippen LogP) is 2.30. The topological polar surface area (TPSA) is 32.3 Å². The summed E-state index contributed by atoms with van der Waals surface area (Å²) in [7, 11) is 2.03. The summed E-state index contributed by atoms with van der Waals surface area (Å²) in [6.07, 6.45) is 5.18. The van der Waals surface area contributed by atoms with Crippen molar-refractivity contribution in [2.45, 2.75) is 25.3 Å². The van der Waals surface area contributed by atoms with Crippen LogP contribution in [0.25, 0.3) is 0 Å². The summed E-state index contributed by atoms with van der Waals surface area (Å²) in [5, 5.41) is 2.83. The minimum absolute atomic E-state index is 0.0606. The Morgan fingerprint density at radius 2 is 2.32 bits per heavy atom. The number of fused-ring (bicyclic) bond motifs is 1. The summed E-state index contributed by atoms with van der Waals surface area (Å²) in [4.78, 5) is 13.9. The van der Waals surface area contributed by atoms with Crippen LogP contribution in [0.3, 0.4) is 0 Å². The molecule has 19 heavy (non-hydrogen) atoms. The van der Waals surface area contributed by atoms with Gasteiger partial charge < -0.3 is 5.32 Å². The molecule has 1 aromatic rings. The van der Waals surface area contributed by atoms with Crippen LogP contribution in [0.1, 0.15) is 30.0 Å². The molecule has 2 rings (SSSR count). The number of likely N-dealkylation sites (N-methyl/N-ethyl adjacent to an activating group) is 1. The van der Waals surface area contributed by atoms with Gasteiger partial charge in [-0.05, 0) is 37.4 Å². The van der Waals surface area contributed by atoms with E-state index in [2.05, 4.69) is 41.1 Å². The van der Waals surface area contributed by atoms with Crippen molar-refractivity contribution < 1.29 is 4.79 Å². The lowest BCUT2D eigenvalue weighted by Gasteiger charge is -2.32. The maximum absolute atomic E-state index is 11.8. The number of rotatable bonds is 5. The highest BCUT2D eigenvalue weighted by molar-refractivity contribution is 5.78. The molecular formula is C16H22N2O. The number of nitrogens with one attached hydrogen (secondary N) is 1. The van der Waals surface area contributed by atoms with E-state index in [0.717, 1.165) is 12.8 Å². The summed E-state index contributed by atoms with van der Waals surface area (Å²) < 4.78 is 0. The van der Waals surface area contributed by atoms with Gasteiger partial charge in [-0.25, -0.2) is 0 Å². The molecule has 1 unspecified atom stereocenters. The summed E-state index contributed by atoms with van der Waals surface area (Å²) in [5.74, 6) is 0.0606. The Bertz CT molecular complexity index is 456. The third kappa shape index (κ3) is 3.44. The van der Waals surface area contributed by atoms with Crippen molar-refractivity contribution in [3.63, 3.8) is 0 Å². The molecule has 1 aliphatic rings. The minimum atomic E-state index is 0.0606. The van der Waals surface area contributed by atoms with Crippen LogP contribution >= 0.6 is 0 Å². The summed E-state index contributed by atoms with van der Waals surface area (Å²) in [6, 6.07) is 8.94. The number of carbonyl (C=O) groups excluding carboxylic acids is 1. The number of hydrogen-bond acceptors (Lipinski definition) is 2. The van der Waals surface area contributed by atoms with Gasteiger partial charge in [0.05, 0.1) is 6.54 Å². The average molecular weight is 258 g/mol. The van der Waals surface area contributed by atoms with E-state index in [1.165, 1.54) is 17.5 Å². The van der Waals surface area contributed by atoms with Gasteiger partial charge in [0.2, 0.25) is 5.91 Å². The molecule has 0 aliphatic heterocycles. The van der Waals surface area contributed by atoms with E-state index >= 15 is 0 Å². The molecule has 1 aromatic carbocycles. The second kappa shape index (κ2) is 6.53. The number of benzene rings is 1. The van der Waals surface area contributed by atoms with Crippen molar-refractivity contribution in [1.29, 1.82) is 0 Å². The Balaban J connectivity index is 2.02. The van der Waals surface area contributed by atoms with Gasteiger partial charge in [0, 0.05) is 12.6 Å². The fourth-order valence-corrected chi connectivity index (χ4v) is 2.76. The van der Waals surface area contributed by atoms with Gasteiger partial charge >= 0.3 is 0 Å². The van der Waals surface area contributed by atoms with Crippen molar-refractivity contribution in [3.8, 4) is 0 Å². The first-order chi connectivity index (χ1) is 9.22. The Kier molecular flexibility index (Phi) is 4.74. The smallest absolute Gasteiger partial charge is 0.234 e. The van der Waals surface area contributed by atoms with Crippen molar-refractivity contribution in [3.05, 3.63) is 48.0 Å². The van der Waals surface area contributed by atoms with E-state index in [4.69, 9.17) is 0 Å². The third-order valence-electron chi connectivity index (χ3n) is 3.71. The van der Waals surface area contributed by atoms with Crippen LogP contribution in [-0.4, -0.2) is 30.9 Å². The molecule has 1 atom stereocenters. The van der Waals surface area contributed by atoms with E-state index in [-0.39, 0.29) is 5.91 Å². The Morgan fingerprint density at radius 1 is 1.53 bits per heavy atom. The number of nitrogens with zero attached hydrogens (tertiary/aromatic N) is 1. The van der Waals surface area contributed by atoms with Crippen molar-refractivity contribution in [2.75, 3.05) is 20.1 Å². The molecule has 0 fully saturated rings. The number of hydrogen-bond donors (Lipinski definition) is 1. The zero-order valence-electron chi connectivity index (χ0n) is 11.6. The molecule has 0 spiro atoms. The van der Waals surface area contributed by atoms with Crippen LogP contribution in [-0.2, 0) is 11.2 Å². The molecule has 0 bridgehead atoms. The SMILES string of the molecule is C=CCNC(=O)CN(C)C1CCCc2ccccc21. The van der Waals surface area contributed by atoms with Gasteiger partial charge in [-0.15, -0.1) is 6.58 Å². The van der Waals surface area contributed by atoms with E-state index in [9.17, 15) is 4.79 Å². The monoisotopic (exact) mass is 258 g/mol. The van der Waals surface area contributed by atoms with Crippen molar-refractivity contribution in [2.24, 2.45) is 0 Å². The second-order valence-corrected chi connectivity index (χ2v) is 5.11. The zero-order chi connectivity index (χ0) is 13.7. The highest BCUT2D eigenvalue weighted by Crippen LogP contribution is 2.33. The first-order valence-corrected chi connectivity index (χ1v) is 6.88. The fourth-order valence-electron chi connectivity index (χ4n) is 2.76. The van der Waals surface area contributed by atoms with Crippen molar-refractivity contribution >= 4 is 5.91 Å². The Morgan fingerprint density at radius 3 is 3.11 bits per heavy atom. The largest absolute Gasteiger partial charge is 0.352 e. The summed E-state index contributed by atoms with van der Waals surface area (Å²) in [5.41, 5.74) is 2.81. The summed E-state index contributed by atoms with van der Waals surface area (Å²) in [6.45, 7) is 4.58. The molecule has 0 aromatic heterocycles. The van der Waals surface area contributed by atoms with Gasteiger partial charge in [0.15, 0.2) is 0 Å². The van der Waals surface area contributed by atoms with E-state index in [1.54, 1.807) is 6.08 Å². The molecule has 0 radical (unpaired) electrons. The maximum atomic E-state index is 11.8. The van der Waals surface area contributed by atoms with Crippen LogP contribution in [0.5, 0.6) is 0 Å². The molecule has 0 saturated carbocycles. The lowest BCUT2D eigenvalue weighted by Crippen LogP contribution is -2.38. The van der Waals surface area contributed by atoms with E-state index < -0.39 is 0 Å². The van der Waals surface area contributed by atoms with Crippen LogP contribution in [0.4, 0.5) is 0 Å².